The third-order valence-corrected chi connectivity index (χ3v) is 1.94. The molecule has 6 heteroatoms. The Kier molecular flexibility index (Phi) is 7.15. The molecule has 0 bridgehead atoms. The lowest BCUT2D eigenvalue weighted by molar-refractivity contribution is -0.134. The summed E-state index contributed by atoms with van der Waals surface area (Å²) in [6, 6.07) is 0.689. The van der Waals surface area contributed by atoms with Crippen molar-refractivity contribution < 1.29 is 19.8 Å². The lowest BCUT2D eigenvalue weighted by atomic mass is 10.2. The zero-order chi connectivity index (χ0) is 12.6. The van der Waals surface area contributed by atoms with E-state index >= 15 is 0 Å². The number of nitrogens with one attached hydrogen (secondary N) is 1. The van der Waals surface area contributed by atoms with Gasteiger partial charge in [-0.15, -0.1) is 0 Å². The number of aliphatic carboxylic acids is 2. The number of carbonyl (C=O) groups is 2. The SMILES string of the molecule is C[C@@H]1CN(C)CCN1.O=C(O)C=CC(=O)O. The average molecular weight is 230 g/mol. The molecule has 0 aromatic heterocycles. The van der Waals surface area contributed by atoms with Crippen LogP contribution in [0.5, 0.6) is 0 Å². The van der Waals surface area contributed by atoms with Gasteiger partial charge in [0.15, 0.2) is 0 Å². The minimum Gasteiger partial charge on any atom is -0.478 e. The molecule has 1 heterocycles. The molecule has 1 saturated heterocycles. The number of piperazine rings is 1. The number of carboxylic acid groups (broad SMARTS) is 2. The van der Waals surface area contributed by atoms with Gasteiger partial charge in [-0.3, -0.25) is 0 Å². The number of likely N-dealkylation sites (N-methyl/N-ethyl adjacent to an activating group) is 1. The summed E-state index contributed by atoms with van der Waals surface area (Å²) < 4.78 is 0. The van der Waals surface area contributed by atoms with Crippen molar-refractivity contribution in [3.63, 3.8) is 0 Å². The minimum absolute atomic E-state index is 0.558. The average Bonchev–Trinajstić information content (AvgIpc) is 2.15. The van der Waals surface area contributed by atoms with Crippen molar-refractivity contribution in [3.05, 3.63) is 12.2 Å². The highest BCUT2D eigenvalue weighted by Gasteiger charge is 2.09. The molecule has 0 unspecified atom stereocenters. The van der Waals surface area contributed by atoms with Crippen molar-refractivity contribution in [1.82, 2.24) is 10.2 Å². The van der Waals surface area contributed by atoms with Gasteiger partial charge in [-0.1, -0.05) is 0 Å². The monoisotopic (exact) mass is 230 g/mol. The Morgan fingerprint density at radius 2 is 1.81 bits per heavy atom. The Labute approximate surface area is 94.6 Å². The quantitative estimate of drug-likeness (QED) is 0.560. The zero-order valence-corrected chi connectivity index (χ0v) is 9.51. The highest BCUT2D eigenvalue weighted by Crippen LogP contribution is 1.92. The van der Waals surface area contributed by atoms with Crippen LogP contribution in [-0.2, 0) is 9.59 Å². The molecule has 0 spiro atoms. The first-order valence-corrected chi connectivity index (χ1v) is 4.97. The predicted molar refractivity (Wildman–Crippen MR) is 59.4 cm³/mol. The molecule has 1 atom stereocenters. The third kappa shape index (κ3) is 9.17. The lowest BCUT2D eigenvalue weighted by Gasteiger charge is -2.28. The minimum atomic E-state index is -1.26. The van der Waals surface area contributed by atoms with Gasteiger partial charge in [-0.25, -0.2) is 9.59 Å². The second-order valence-electron chi connectivity index (χ2n) is 3.63. The summed E-state index contributed by atoms with van der Waals surface area (Å²) in [6.45, 7) is 5.76. The highest BCUT2D eigenvalue weighted by atomic mass is 16.4. The molecule has 0 aromatic carbocycles. The maximum absolute atomic E-state index is 9.55. The van der Waals surface area contributed by atoms with Crippen LogP contribution >= 0.6 is 0 Å². The van der Waals surface area contributed by atoms with Crippen molar-refractivity contribution in [2.75, 3.05) is 26.7 Å². The summed E-state index contributed by atoms with van der Waals surface area (Å²) in [6.07, 6.45) is 1.12. The molecule has 0 amide bonds. The molecule has 92 valence electrons. The number of carboxylic acids is 2. The molecule has 1 fully saturated rings. The lowest BCUT2D eigenvalue weighted by Crippen LogP contribution is -2.47. The summed E-state index contributed by atoms with van der Waals surface area (Å²) in [5, 5.41) is 19.0. The Hall–Kier alpha value is -1.40. The third-order valence-electron chi connectivity index (χ3n) is 1.94. The van der Waals surface area contributed by atoms with E-state index < -0.39 is 11.9 Å². The van der Waals surface area contributed by atoms with Crippen LogP contribution in [0.3, 0.4) is 0 Å². The number of hydrogen-bond donors (Lipinski definition) is 3. The maximum Gasteiger partial charge on any atom is 0.328 e. The van der Waals surface area contributed by atoms with E-state index in [1.807, 2.05) is 0 Å². The molecule has 0 aromatic rings. The van der Waals surface area contributed by atoms with E-state index in [0.717, 1.165) is 6.54 Å². The van der Waals surface area contributed by atoms with E-state index in [4.69, 9.17) is 10.2 Å². The normalized spacial score (nSPS) is 21.2. The van der Waals surface area contributed by atoms with Crippen molar-refractivity contribution in [1.29, 1.82) is 0 Å². The Balaban J connectivity index is 0.000000281. The van der Waals surface area contributed by atoms with Crippen LogP contribution in [0.15, 0.2) is 12.2 Å². The van der Waals surface area contributed by atoms with Crippen molar-refractivity contribution >= 4 is 11.9 Å². The maximum atomic E-state index is 9.55. The molecule has 1 aliphatic heterocycles. The molecule has 3 N–H and O–H groups in total. The van der Waals surface area contributed by atoms with Crippen LogP contribution in [0.4, 0.5) is 0 Å². The van der Waals surface area contributed by atoms with Gasteiger partial charge in [0, 0.05) is 37.8 Å². The molecular formula is C10H18N2O4. The van der Waals surface area contributed by atoms with Gasteiger partial charge in [0.25, 0.3) is 0 Å². The van der Waals surface area contributed by atoms with E-state index in [9.17, 15) is 9.59 Å². The van der Waals surface area contributed by atoms with Gasteiger partial charge in [0.1, 0.15) is 0 Å². The molecule has 1 aliphatic rings. The molecule has 1 rings (SSSR count). The van der Waals surface area contributed by atoms with E-state index in [2.05, 4.69) is 24.2 Å². The second-order valence-corrected chi connectivity index (χ2v) is 3.63. The zero-order valence-electron chi connectivity index (χ0n) is 9.51. The van der Waals surface area contributed by atoms with Crippen LogP contribution in [0.2, 0.25) is 0 Å². The highest BCUT2D eigenvalue weighted by molar-refractivity contribution is 5.89. The molecule has 0 aliphatic carbocycles. The van der Waals surface area contributed by atoms with E-state index in [1.54, 1.807) is 0 Å². The standard InChI is InChI=1S/C6H14N2.C4H4O4/c1-6-5-8(2)4-3-7-6;5-3(6)1-2-4(7)8/h6-7H,3-5H2,1-2H3;1-2H,(H,5,6)(H,7,8)/t6-;/m1./s1. The topological polar surface area (TPSA) is 89.9 Å². The first-order chi connectivity index (χ1) is 7.41. The Morgan fingerprint density at radius 3 is 2.06 bits per heavy atom. The van der Waals surface area contributed by atoms with Crippen molar-refractivity contribution in [2.24, 2.45) is 0 Å². The molecule has 0 saturated carbocycles. The smallest absolute Gasteiger partial charge is 0.328 e. The molecule has 0 radical (unpaired) electrons. The van der Waals surface area contributed by atoms with Gasteiger partial charge >= 0.3 is 11.9 Å². The van der Waals surface area contributed by atoms with Crippen LogP contribution in [0, 0.1) is 0 Å². The molecule has 6 nitrogen and oxygen atoms in total. The summed E-state index contributed by atoms with van der Waals surface area (Å²) in [7, 11) is 2.16. The number of nitrogens with zero attached hydrogens (tertiary/aromatic N) is 1. The Bertz CT molecular complexity index is 242. The van der Waals surface area contributed by atoms with E-state index in [1.165, 1.54) is 13.1 Å². The van der Waals surface area contributed by atoms with E-state index in [0.29, 0.717) is 18.2 Å². The number of rotatable bonds is 2. The second kappa shape index (κ2) is 7.84. The summed E-state index contributed by atoms with van der Waals surface area (Å²) in [5.41, 5.74) is 0. The number of hydrogen-bond acceptors (Lipinski definition) is 4. The fraction of sp³-hybridized carbons (Fsp3) is 0.600. The van der Waals surface area contributed by atoms with Crippen molar-refractivity contribution in [3.8, 4) is 0 Å². The molecule has 16 heavy (non-hydrogen) atoms. The predicted octanol–water partition coefficient (Wildman–Crippen LogP) is -0.378. The van der Waals surface area contributed by atoms with Gasteiger partial charge < -0.3 is 20.4 Å². The summed E-state index contributed by atoms with van der Waals surface area (Å²) >= 11 is 0. The first kappa shape index (κ1) is 14.6. The Morgan fingerprint density at radius 1 is 1.31 bits per heavy atom. The van der Waals surface area contributed by atoms with Gasteiger partial charge in [-0.05, 0) is 14.0 Å². The van der Waals surface area contributed by atoms with E-state index in [-0.39, 0.29) is 0 Å². The first-order valence-electron chi connectivity index (χ1n) is 4.97. The fourth-order valence-electron chi connectivity index (χ4n) is 1.27. The largest absolute Gasteiger partial charge is 0.478 e. The fourth-order valence-corrected chi connectivity index (χ4v) is 1.27. The van der Waals surface area contributed by atoms with Crippen LogP contribution in [0.1, 0.15) is 6.92 Å². The van der Waals surface area contributed by atoms with Crippen LogP contribution in [0.25, 0.3) is 0 Å². The van der Waals surface area contributed by atoms with Gasteiger partial charge in [0.05, 0.1) is 0 Å². The summed E-state index contributed by atoms with van der Waals surface area (Å²) in [4.78, 5) is 21.5. The van der Waals surface area contributed by atoms with Crippen LogP contribution < -0.4 is 5.32 Å². The van der Waals surface area contributed by atoms with Crippen molar-refractivity contribution in [2.45, 2.75) is 13.0 Å². The molecular weight excluding hydrogens is 212 g/mol. The van der Waals surface area contributed by atoms with Gasteiger partial charge in [-0.2, -0.15) is 0 Å². The van der Waals surface area contributed by atoms with Crippen LogP contribution in [-0.4, -0.2) is 59.8 Å². The summed E-state index contributed by atoms with van der Waals surface area (Å²) in [5.74, 6) is -2.51. The van der Waals surface area contributed by atoms with Gasteiger partial charge in [0.2, 0.25) is 0 Å².